The van der Waals surface area contributed by atoms with Gasteiger partial charge in [0.15, 0.2) is 0 Å². The van der Waals surface area contributed by atoms with E-state index in [0.29, 0.717) is 11.4 Å². The topological polar surface area (TPSA) is 49.3 Å². The maximum Gasteiger partial charge on any atom is 0.231 e. The number of hydrogen-bond acceptors (Lipinski definition) is 2. The van der Waals surface area contributed by atoms with Crippen molar-refractivity contribution in [1.29, 1.82) is 0 Å². The van der Waals surface area contributed by atoms with Gasteiger partial charge in [-0.3, -0.25) is 4.79 Å². The van der Waals surface area contributed by atoms with E-state index in [2.05, 4.69) is 5.32 Å². The Balaban J connectivity index is 1.88. The van der Waals surface area contributed by atoms with Crippen LogP contribution in [0.5, 0.6) is 0 Å². The second-order valence-electron chi connectivity index (χ2n) is 7.01. The first kappa shape index (κ1) is 17.0. The predicted molar refractivity (Wildman–Crippen MR) is 95.9 cm³/mol. The number of benzene rings is 2. The average Bonchev–Trinajstić information content (AvgIpc) is 3.32. The zero-order chi connectivity index (χ0) is 17.4. The molecule has 3 nitrogen and oxygen atoms in total. The number of carbonyl (C=O) groups excluding carboxylic acids is 1. The second kappa shape index (κ2) is 6.23. The first-order valence-electron chi connectivity index (χ1n) is 8.15. The average molecular weight is 344 g/mol. The molecule has 0 spiro atoms. The maximum absolute atomic E-state index is 13.1. The molecule has 2 N–H and O–H groups in total. The summed E-state index contributed by atoms with van der Waals surface area (Å²) in [5.41, 5.74) is 0.810. The van der Waals surface area contributed by atoms with Crippen LogP contribution < -0.4 is 5.32 Å². The molecule has 1 aliphatic carbocycles. The lowest BCUT2D eigenvalue weighted by atomic mass is 9.88. The van der Waals surface area contributed by atoms with Crippen LogP contribution in [0.1, 0.15) is 31.4 Å². The van der Waals surface area contributed by atoms with Gasteiger partial charge in [-0.05, 0) is 43.5 Å². The fourth-order valence-corrected chi connectivity index (χ4v) is 3.51. The van der Waals surface area contributed by atoms with Crippen molar-refractivity contribution in [2.75, 3.05) is 6.61 Å². The van der Waals surface area contributed by atoms with Crippen LogP contribution in [0.2, 0.25) is 5.02 Å². The molecule has 4 heteroatoms. The molecule has 24 heavy (non-hydrogen) atoms. The highest BCUT2D eigenvalue weighted by atomic mass is 35.5. The number of aliphatic hydroxyl groups excluding tert-OH is 1. The van der Waals surface area contributed by atoms with Crippen molar-refractivity contribution in [3.8, 4) is 0 Å². The number of hydrogen-bond donors (Lipinski definition) is 2. The number of aliphatic hydroxyl groups is 1. The van der Waals surface area contributed by atoms with Crippen LogP contribution in [-0.4, -0.2) is 17.6 Å². The van der Waals surface area contributed by atoms with Crippen LogP contribution in [0.4, 0.5) is 0 Å². The lowest BCUT2D eigenvalue weighted by molar-refractivity contribution is -0.125. The summed E-state index contributed by atoms with van der Waals surface area (Å²) in [6.07, 6.45) is 0.655. The lowest BCUT2D eigenvalue weighted by Crippen LogP contribution is -2.47. The lowest BCUT2D eigenvalue weighted by Gasteiger charge is -2.30. The van der Waals surface area contributed by atoms with E-state index in [1.165, 1.54) is 0 Å². The van der Waals surface area contributed by atoms with E-state index >= 15 is 0 Å². The van der Waals surface area contributed by atoms with Crippen molar-refractivity contribution in [3.63, 3.8) is 0 Å². The summed E-state index contributed by atoms with van der Waals surface area (Å²) in [5.74, 6) is -0.0945. The van der Waals surface area contributed by atoms with Gasteiger partial charge in [-0.25, -0.2) is 0 Å². The molecule has 0 aliphatic heterocycles. The van der Waals surface area contributed by atoms with E-state index in [0.717, 1.165) is 11.1 Å². The molecule has 0 saturated heterocycles. The molecule has 3 rings (SSSR count). The molecule has 0 unspecified atom stereocenters. The Kier molecular flexibility index (Phi) is 4.41. The zero-order valence-corrected chi connectivity index (χ0v) is 14.7. The van der Waals surface area contributed by atoms with Crippen LogP contribution >= 0.6 is 11.6 Å². The molecule has 0 heterocycles. The fraction of sp³-hybridized carbons (Fsp3) is 0.350. The number of amides is 1. The van der Waals surface area contributed by atoms with Gasteiger partial charge in [-0.1, -0.05) is 54.1 Å². The number of rotatable bonds is 5. The Morgan fingerprint density at radius 1 is 1.21 bits per heavy atom. The minimum absolute atomic E-state index is 0.00180. The quantitative estimate of drug-likeness (QED) is 0.870. The molecular formula is C20H22ClNO2. The maximum atomic E-state index is 13.1. The highest BCUT2D eigenvalue weighted by Gasteiger charge is 2.61. The molecule has 2 atom stereocenters. The molecule has 2 aromatic rings. The van der Waals surface area contributed by atoms with Gasteiger partial charge < -0.3 is 10.4 Å². The summed E-state index contributed by atoms with van der Waals surface area (Å²) in [6.45, 7) is 3.99. The van der Waals surface area contributed by atoms with Gasteiger partial charge in [-0.2, -0.15) is 0 Å². The summed E-state index contributed by atoms with van der Waals surface area (Å²) in [7, 11) is 0. The highest BCUT2D eigenvalue weighted by molar-refractivity contribution is 6.30. The SMILES string of the molecule is CC(C)(NC(=O)[C@@]1(c2ccc(Cl)cc2)C[C@H]1CO)c1ccccc1. The van der Waals surface area contributed by atoms with Crippen molar-refractivity contribution in [1.82, 2.24) is 5.32 Å². The van der Waals surface area contributed by atoms with E-state index < -0.39 is 11.0 Å². The smallest absolute Gasteiger partial charge is 0.231 e. The van der Waals surface area contributed by atoms with Gasteiger partial charge in [0.05, 0.1) is 11.0 Å². The fourth-order valence-electron chi connectivity index (χ4n) is 3.38. The first-order valence-corrected chi connectivity index (χ1v) is 8.53. The van der Waals surface area contributed by atoms with Crippen LogP contribution in [0.15, 0.2) is 54.6 Å². The Morgan fingerprint density at radius 2 is 1.83 bits per heavy atom. The Hall–Kier alpha value is -1.84. The summed E-state index contributed by atoms with van der Waals surface area (Å²) >= 11 is 5.97. The van der Waals surface area contributed by atoms with Gasteiger partial charge in [0.25, 0.3) is 0 Å². The summed E-state index contributed by atoms with van der Waals surface area (Å²) in [5, 5.41) is 13.4. The largest absolute Gasteiger partial charge is 0.396 e. The molecule has 1 amide bonds. The zero-order valence-electron chi connectivity index (χ0n) is 13.9. The molecule has 1 saturated carbocycles. The van der Waals surface area contributed by atoms with Crippen molar-refractivity contribution in [2.45, 2.75) is 31.2 Å². The third kappa shape index (κ3) is 2.94. The van der Waals surface area contributed by atoms with Crippen molar-refractivity contribution in [2.24, 2.45) is 5.92 Å². The minimum atomic E-state index is -0.661. The molecular weight excluding hydrogens is 322 g/mol. The first-order chi connectivity index (χ1) is 11.4. The minimum Gasteiger partial charge on any atom is -0.396 e. The van der Waals surface area contributed by atoms with E-state index in [1.54, 1.807) is 12.1 Å². The normalized spacial score (nSPS) is 22.9. The van der Waals surface area contributed by atoms with Gasteiger partial charge in [0, 0.05) is 17.5 Å². The monoisotopic (exact) mass is 343 g/mol. The molecule has 1 fully saturated rings. The standard InChI is InChI=1S/C20H22ClNO2/c1-19(2,14-6-4-3-5-7-14)22-18(24)20(12-16(20)13-23)15-8-10-17(21)11-9-15/h3-11,16,23H,12-13H2,1-2H3,(H,22,24)/t16-,20+/m0/s1. The molecule has 126 valence electrons. The van der Waals surface area contributed by atoms with Crippen LogP contribution in [0.3, 0.4) is 0 Å². The van der Waals surface area contributed by atoms with Gasteiger partial charge in [0.2, 0.25) is 5.91 Å². The van der Waals surface area contributed by atoms with Gasteiger partial charge in [-0.15, -0.1) is 0 Å². The van der Waals surface area contributed by atoms with E-state index in [1.807, 2.05) is 56.3 Å². The molecule has 0 aromatic heterocycles. The van der Waals surface area contributed by atoms with Crippen molar-refractivity contribution in [3.05, 3.63) is 70.7 Å². The van der Waals surface area contributed by atoms with Crippen LogP contribution in [0.25, 0.3) is 0 Å². The highest BCUT2D eigenvalue weighted by Crippen LogP contribution is 2.54. The summed E-state index contributed by atoms with van der Waals surface area (Å²) in [6, 6.07) is 17.2. The molecule has 0 bridgehead atoms. The second-order valence-corrected chi connectivity index (χ2v) is 7.44. The van der Waals surface area contributed by atoms with Crippen molar-refractivity contribution < 1.29 is 9.90 Å². The summed E-state index contributed by atoms with van der Waals surface area (Å²) in [4.78, 5) is 13.1. The molecule has 0 radical (unpaired) electrons. The Morgan fingerprint density at radius 3 is 2.38 bits per heavy atom. The van der Waals surface area contributed by atoms with Crippen LogP contribution in [0, 0.1) is 5.92 Å². The number of nitrogens with one attached hydrogen (secondary N) is 1. The number of carbonyl (C=O) groups is 1. The van der Waals surface area contributed by atoms with Crippen molar-refractivity contribution >= 4 is 17.5 Å². The third-order valence-electron chi connectivity index (χ3n) is 5.01. The third-order valence-corrected chi connectivity index (χ3v) is 5.26. The van der Waals surface area contributed by atoms with E-state index in [9.17, 15) is 9.90 Å². The summed E-state index contributed by atoms with van der Waals surface area (Å²) < 4.78 is 0. The van der Waals surface area contributed by atoms with Gasteiger partial charge >= 0.3 is 0 Å². The molecule has 1 aliphatic rings. The molecule has 2 aromatic carbocycles. The van der Waals surface area contributed by atoms with E-state index in [4.69, 9.17) is 11.6 Å². The number of halogens is 1. The Bertz CT molecular complexity index is 727. The Labute approximate surface area is 147 Å². The van der Waals surface area contributed by atoms with Gasteiger partial charge in [0.1, 0.15) is 0 Å². The predicted octanol–water partition coefficient (Wildman–Crippen LogP) is 3.64. The van der Waals surface area contributed by atoms with E-state index in [-0.39, 0.29) is 18.4 Å². The van der Waals surface area contributed by atoms with Crippen LogP contribution in [-0.2, 0) is 15.7 Å².